The van der Waals surface area contributed by atoms with Gasteiger partial charge in [0.05, 0.1) is 32.3 Å². The smallest absolute Gasteiger partial charge is 0.201 e. The van der Waals surface area contributed by atoms with Crippen LogP contribution in [0, 0.1) is 40.5 Å². The van der Waals surface area contributed by atoms with Crippen molar-refractivity contribution in [3.63, 3.8) is 0 Å². The number of nitrogens with zero attached hydrogens (tertiary/aromatic N) is 4. The van der Waals surface area contributed by atoms with Gasteiger partial charge in [0.2, 0.25) is 22.8 Å². The highest BCUT2D eigenvalue weighted by Gasteiger charge is 2.27. The molecule has 8 rings (SSSR count). The molecule has 0 saturated heterocycles. The average molecular weight is 1220 g/mol. The third-order valence-corrected chi connectivity index (χ3v) is 25.4. The molecule has 0 spiro atoms. The van der Waals surface area contributed by atoms with Crippen molar-refractivity contribution in [2.24, 2.45) is 34.1 Å². The number of hydrogen-bond donors (Lipinski definition) is 0. The second-order valence-corrected chi connectivity index (χ2v) is 50.9. The molecule has 8 aromatic rings. The van der Waals surface area contributed by atoms with E-state index in [-0.39, 0.29) is 5.41 Å². The van der Waals surface area contributed by atoms with Crippen LogP contribution < -0.4 is 39.0 Å². The minimum absolute atomic E-state index is 0.180. The van der Waals surface area contributed by atoms with Gasteiger partial charge in [0.15, 0.2) is 24.8 Å². The Morgan fingerprint density at radius 3 is 1.06 bits per heavy atom. The maximum Gasteiger partial charge on any atom is 0.212 e. The van der Waals surface area contributed by atoms with E-state index in [2.05, 4.69) is 354 Å². The molecule has 8 heteroatoms. The van der Waals surface area contributed by atoms with Crippen LogP contribution in [0.2, 0.25) is 78.6 Å². The summed E-state index contributed by atoms with van der Waals surface area (Å²) in [7, 11) is 3.66. The van der Waals surface area contributed by atoms with E-state index in [0.717, 1.165) is 6.42 Å². The van der Waals surface area contributed by atoms with Crippen LogP contribution in [0.4, 0.5) is 0 Å². The molecule has 0 aliphatic heterocycles. The van der Waals surface area contributed by atoms with Gasteiger partial charge in [-0.25, -0.2) is 18.3 Å². The van der Waals surface area contributed by atoms with Crippen LogP contribution in [0.1, 0.15) is 112 Å². The predicted octanol–water partition coefficient (Wildman–Crippen LogP) is 16.8. The first-order valence-electron chi connectivity index (χ1n) is 32.2. The number of rotatable bonds is 13. The Morgan fingerprint density at radius 2 is 0.721 bits per heavy atom. The van der Waals surface area contributed by atoms with Crippen molar-refractivity contribution < 1.29 is 18.3 Å². The molecule has 0 atom stereocenters. The summed E-state index contributed by atoms with van der Waals surface area (Å²) in [4.78, 5) is 0. The molecule has 0 bridgehead atoms. The number of pyridine rings is 4. The summed E-state index contributed by atoms with van der Waals surface area (Å²) in [6.07, 6.45) is 12.9. The van der Waals surface area contributed by atoms with Gasteiger partial charge in [0.25, 0.3) is 0 Å². The van der Waals surface area contributed by atoms with Crippen molar-refractivity contribution in [2.45, 2.75) is 192 Å². The summed E-state index contributed by atoms with van der Waals surface area (Å²) in [5.74, 6) is 1.36. The molecule has 460 valence electrons. The van der Waals surface area contributed by atoms with Crippen LogP contribution in [-0.4, -0.2) is 32.3 Å². The third kappa shape index (κ3) is 19.2. The zero-order chi connectivity index (χ0) is 64.6. The fourth-order valence-corrected chi connectivity index (χ4v) is 15.9. The second kappa shape index (κ2) is 29.1. The molecule has 0 unspecified atom stereocenters. The van der Waals surface area contributed by atoms with Crippen LogP contribution in [0.15, 0.2) is 146 Å². The van der Waals surface area contributed by atoms with Crippen LogP contribution in [0.3, 0.4) is 0 Å². The zero-order valence-corrected chi connectivity index (χ0v) is 63.4. The SMILES string of the molecule is CCC(CC)c1ccc(C)c(-c2ccc([Si](C)(C)C)c[n+]2C)c1.Cc1ccc(-c2ccc([Si](C)(C)C)c[n+]2C)c(C)c1.Cc1ccc(C(C)(C)C)cc1-c1ccc([Si](C)(C)C)c[n+]1C.Cc1ccc(CC(C)C)cc1-c1ccc([Si](C)(C)C)c[n+]1C. The standard InChI is InChI=1S/C21H32NSi.2C20H30NSi.C17H24NSi/c1-8-17(9-2)18-11-10-16(3)20(14-18)21-13-12-19(15-22(21)4)23(5,6)7;1-15-9-10-16(20(2,3)4)13-18(15)19-12-11-17(14-21(19)5)22(6,7)8;1-15(2)12-17-9-8-16(3)19(13-17)20-11-10-18(14-21(20)4)22(5,6)7;1-13-7-9-16(14(2)11-13)17-10-8-15(12-18(17)3)19(4,5)6/h10-15,17H,8-9H2,1-7H3;9-14H,1-8H3;8-11,13-15H,12H2,1-7H3;7-12H,1-6H3/q4*+1. The van der Waals surface area contributed by atoms with Crippen molar-refractivity contribution in [3.8, 4) is 45.0 Å². The lowest BCUT2D eigenvalue weighted by molar-refractivity contribution is -0.659. The normalized spacial score (nSPS) is 12.1. The first kappa shape index (κ1) is 71.1. The van der Waals surface area contributed by atoms with Gasteiger partial charge in [-0.1, -0.05) is 205 Å². The molecule has 0 N–H and O–H groups in total. The molecule has 4 aromatic carbocycles. The second-order valence-electron chi connectivity index (χ2n) is 30.6. The number of aromatic nitrogens is 4. The van der Waals surface area contributed by atoms with Gasteiger partial charge in [-0.3, -0.25) is 0 Å². The quantitative estimate of drug-likeness (QED) is 0.0808. The van der Waals surface area contributed by atoms with Crippen molar-refractivity contribution >= 4 is 53.0 Å². The van der Waals surface area contributed by atoms with Crippen LogP contribution >= 0.6 is 0 Å². The van der Waals surface area contributed by atoms with Crippen LogP contribution in [0.25, 0.3) is 45.0 Å². The highest BCUT2D eigenvalue weighted by Crippen LogP contribution is 2.31. The maximum absolute atomic E-state index is 2.41. The average Bonchev–Trinajstić information content (AvgIpc) is 2.14. The van der Waals surface area contributed by atoms with Gasteiger partial charge in [0.1, 0.15) is 28.2 Å². The molecule has 0 saturated carbocycles. The van der Waals surface area contributed by atoms with Gasteiger partial charge >= 0.3 is 0 Å². The minimum atomic E-state index is -1.26. The molecule has 4 aromatic heterocycles. The van der Waals surface area contributed by atoms with Gasteiger partial charge in [-0.05, 0) is 134 Å². The fraction of sp³-hybridized carbons (Fsp3) is 0.436. The lowest BCUT2D eigenvalue weighted by Crippen LogP contribution is -2.45. The number of hydrogen-bond acceptors (Lipinski definition) is 0. The van der Waals surface area contributed by atoms with E-state index in [4.69, 9.17) is 0 Å². The number of aryl methyl sites for hydroxylation is 9. The van der Waals surface area contributed by atoms with Crippen molar-refractivity contribution in [3.05, 3.63) is 191 Å². The van der Waals surface area contributed by atoms with Gasteiger partial charge in [-0.15, -0.1) is 0 Å². The first-order chi connectivity index (χ1) is 39.7. The number of benzene rings is 4. The summed E-state index contributed by atoms with van der Waals surface area (Å²) >= 11 is 0. The Hall–Kier alpha value is -5.65. The Balaban J connectivity index is 0.000000210. The Labute approximate surface area is 529 Å². The zero-order valence-electron chi connectivity index (χ0n) is 59.4. The molecule has 0 aliphatic carbocycles. The third-order valence-electron chi connectivity index (χ3n) is 17.3. The summed E-state index contributed by atoms with van der Waals surface area (Å²) in [6.45, 7) is 55.7. The lowest BCUT2D eigenvalue weighted by atomic mass is 9.85. The molecule has 4 heterocycles. The molecule has 0 amide bonds. The molecular weight excluding hydrogens is 1110 g/mol. The summed E-state index contributed by atoms with van der Waals surface area (Å²) < 4.78 is 9.18. The van der Waals surface area contributed by atoms with E-state index in [1.54, 1.807) is 0 Å². The molecule has 0 radical (unpaired) electrons. The topological polar surface area (TPSA) is 15.5 Å². The molecule has 0 fully saturated rings. The molecule has 86 heavy (non-hydrogen) atoms. The highest BCUT2D eigenvalue weighted by molar-refractivity contribution is 6.89. The summed E-state index contributed by atoms with van der Waals surface area (Å²) in [5.41, 5.74) is 21.8. The molecule has 0 aliphatic rings. The fourth-order valence-electron chi connectivity index (χ4n) is 11.3. The van der Waals surface area contributed by atoms with E-state index in [1.165, 1.54) is 123 Å². The first-order valence-corrected chi connectivity index (χ1v) is 46.2. The summed E-state index contributed by atoms with van der Waals surface area (Å²) in [5, 5.41) is 6.03. The van der Waals surface area contributed by atoms with E-state index in [1.807, 2.05) is 0 Å². The monoisotopic (exact) mass is 1220 g/mol. The Bertz CT molecular complexity index is 3590. The van der Waals surface area contributed by atoms with Crippen molar-refractivity contribution in [1.29, 1.82) is 0 Å². The van der Waals surface area contributed by atoms with Crippen LogP contribution in [0.5, 0.6) is 0 Å². The molecular formula is C78H116N4Si4+4. The van der Waals surface area contributed by atoms with Crippen LogP contribution in [-0.2, 0) is 40.0 Å². The van der Waals surface area contributed by atoms with E-state index in [9.17, 15) is 0 Å². The predicted molar refractivity (Wildman–Crippen MR) is 388 cm³/mol. The highest BCUT2D eigenvalue weighted by atomic mass is 28.3. The van der Waals surface area contributed by atoms with Gasteiger partial charge < -0.3 is 0 Å². The largest absolute Gasteiger partial charge is 0.212 e. The van der Waals surface area contributed by atoms with E-state index >= 15 is 0 Å². The minimum Gasteiger partial charge on any atom is -0.201 e. The summed E-state index contributed by atoms with van der Waals surface area (Å²) in [6, 6.07) is 45.9. The lowest BCUT2D eigenvalue weighted by Gasteiger charge is -2.20. The van der Waals surface area contributed by atoms with Crippen molar-refractivity contribution in [1.82, 2.24) is 0 Å². The van der Waals surface area contributed by atoms with Crippen molar-refractivity contribution in [2.75, 3.05) is 0 Å². The van der Waals surface area contributed by atoms with Gasteiger partial charge in [-0.2, -0.15) is 0 Å². The Kier molecular flexibility index (Phi) is 24.1. The van der Waals surface area contributed by atoms with Gasteiger partial charge in [0, 0.05) is 67.3 Å². The van der Waals surface area contributed by atoms with E-state index in [0.29, 0.717) is 11.8 Å². The Morgan fingerprint density at radius 1 is 0.372 bits per heavy atom. The maximum atomic E-state index is 2.41. The van der Waals surface area contributed by atoms with E-state index < -0.39 is 32.3 Å². The molecule has 4 nitrogen and oxygen atoms in total.